The number of hydrogen-bond acceptors (Lipinski definition) is 4. The van der Waals surface area contributed by atoms with Crippen LogP contribution >= 0.6 is 15.9 Å². The zero-order chi connectivity index (χ0) is 18.2. The number of nitrogens with zero attached hydrogens (tertiary/aromatic N) is 1. The van der Waals surface area contributed by atoms with Crippen LogP contribution in [0.5, 0.6) is 0 Å². The first kappa shape index (κ1) is 19.4. The highest BCUT2D eigenvalue weighted by molar-refractivity contribution is 9.10. The molecule has 7 heteroatoms. The van der Waals surface area contributed by atoms with Gasteiger partial charge >= 0.3 is 6.09 Å². The molecular formula is C18H23BrN2O4. The van der Waals surface area contributed by atoms with Gasteiger partial charge in [0.2, 0.25) is 5.91 Å². The Bertz CT molecular complexity index is 610. The third-order valence-electron chi connectivity index (χ3n) is 4.13. The van der Waals surface area contributed by atoms with Gasteiger partial charge in [-0.25, -0.2) is 4.79 Å². The number of likely N-dealkylation sites (tertiary alicyclic amines) is 1. The molecule has 2 amide bonds. The van der Waals surface area contributed by atoms with E-state index in [9.17, 15) is 14.4 Å². The van der Waals surface area contributed by atoms with Crippen molar-refractivity contribution in [2.75, 3.05) is 19.7 Å². The van der Waals surface area contributed by atoms with Gasteiger partial charge in [-0.1, -0.05) is 28.1 Å². The summed E-state index contributed by atoms with van der Waals surface area (Å²) in [4.78, 5) is 37.4. The molecule has 0 unspecified atom stereocenters. The van der Waals surface area contributed by atoms with E-state index in [1.807, 2.05) is 12.1 Å². The fraction of sp³-hybridized carbons (Fsp3) is 0.500. The minimum absolute atomic E-state index is 0.0419. The van der Waals surface area contributed by atoms with Crippen LogP contribution in [0.25, 0.3) is 0 Å². The zero-order valence-electron chi connectivity index (χ0n) is 14.3. The standard InChI is InChI=1S/C18H23BrN2O4/c1-2-25-18(24)21-11-9-15(10-12-21)20-17(23)8-7-16(22)13-3-5-14(19)6-4-13/h3-6,15H,2,7-12H2,1H3,(H,20,23). The molecule has 1 aliphatic heterocycles. The van der Waals surface area contributed by atoms with Gasteiger partial charge in [0, 0.05) is 42.0 Å². The van der Waals surface area contributed by atoms with Gasteiger partial charge in [-0.15, -0.1) is 0 Å². The highest BCUT2D eigenvalue weighted by Crippen LogP contribution is 2.14. The van der Waals surface area contributed by atoms with Crippen molar-refractivity contribution in [2.24, 2.45) is 0 Å². The summed E-state index contributed by atoms with van der Waals surface area (Å²) in [6.45, 7) is 3.28. The summed E-state index contributed by atoms with van der Waals surface area (Å²) < 4.78 is 5.88. The molecular weight excluding hydrogens is 388 g/mol. The molecule has 136 valence electrons. The fourth-order valence-electron chi connectivity index (χ4n) is 2.73. The van der Waals surface area contributed by atoms with E-state index in [1.165, 1.54) is 0 Å². The van der Waals surface area contributed by atoms with E-state index in [1.54, 1.807) is 24.0 Å². The summed E-state index contributed by atoms with van der Waals surface area (Å²) in [7, 11) is 0. The lowest BCUT2D eigenvalue weighted by Gasteiger charge is -2.31. The maximum absolute atomic E-state index is 12.1. The highest BCUT2D eigenvalue weighted by atomic mass is 79.9. The molecule has 2 rings (SSSR count). The van der Waals surface area contributed by atoms with Crippen LogP contribution in [0.4, 0.5) is 4.79 Å². The van der Waals surface area contributed by atoms with E-state index in [2.05, 4.69) is 21.2 Å². The van der Waals surface area contributed by atoms with Gasteiger partial charge in [0.25, 0.3) is 0 Å². The molecule has 0 spiro atoms. The van der Waals surface area contributed by atoms with Crippen molar-refractivity contribution >= 4 is 33.7 Å². The number of Topliss-reactive ketones (excluding diaryl/α,β-unsaturated/α-hetero) is 1. The number of ketones is 1. The van der Waals surface area contributed by atoms with Gasteiger partial charge in [0.1, 0.15) is 0 Å². The molecule has 0 bridgehead atoms. The van der Waals surface area contributed by atoms with Crippen molar-refractivity contribution in [1.29, 1.82) is 0 Å². The van der Waals surface area contributed by atoms with E-state index in [0.29, 0.717) is 38.1 Å². The Morgan fingerprint density at radius 2 is 1.80 bits per heavy atom. The lowest BCUT2D eigenvalue weighted by atomic mass is 10.0. The van der Waals surface area contributed by atoms with E-state index < -0.39 is 0 Å². The molecule has 1 N–H and O–H groups in total. The maximum atomic E-state index is 12.1. The van der Waals surface area contributed by atoms with Crippen LogP contribution in [0.3, 0.4) is 0 Å². The average Bonchev–Trinajstić information content (AvgIpc) is 2.61. The topological polar surface area (TPSA) is 75.7 Å². The Hall–Kier alpha value is -1.89. The molecule has 1 saturated heterocycles. The number of hydrogen-bond donors (Lipinski definition) is 1. The van der Waals surface area contributed by atoms with Crippen molar-refractivity contribution in [3.63, 3.8) is 0 Å². The Morgan fingerprint density at radius 3 is 2.40 bits per heavy atom. The number of benzene rings is 1. The molecule has 0 saturated carbocycles. The molecule has 1 fully saturated rings. The number of amides is 2. The summed E-state index contributed by atoms with van der Waals surface area (Å²) in [6, 6.07) is 7.15. The number of nitrogens with one attached hydrogen (secondary N) is 1. The Labute approximate surface area is 156 Å². The van der Waals surface area contributed by atoms with Crippen LogP contribution in [0.2, 0.25) is 0 Å². The van der Waals surface area contributed by atoms with E-state index in [4.69, 9.17) is 4.74 Å². The molecule has 6 nitrogen and oxygen atoms in total. The second-order valence-corrected chi connectivity index (χ2v) is 6.87. The zero-order valence-corrected chi connectivity index (χ0v) is 15.9. The summed E-state index contributed by atoms with van der Waals surface area (Å²) in [5.41, 5.74) is 0.610. The van der Waals surface area contributed by atoms with Crippen LogP contribution in [0.15, 0.2) is 28.7 Å². The van der Waals surface area contributed by atoms with E-state index in [-0.39, 0.29) is 36.7 Å². The predicted octanol–water partition coefficient (Wildman–Crippen LogP) is 3.15. The summed E-state index contributed by atoms with van der Waals surface area (Å²) in [5, 5.41) is 2.95. The molecule has 1 heterocycles. The lowest BCUT2D eigenvalue weighted by molar-refractivity contribution is -0.122. The van der Waals surface area contributed by atoms with Crippen molar-refractivity contribution in [3.8, 4) is 0 Å². The van der Waals surface area contributed by atoms with Gasteiger partial charge in [-0.3, -0.25) is 9.59 Å². The maximum Gasteiger partial charge on any atom is 0.409 e. The average molecular weight is 411 g/mol. The van der Waals surface area contributed by atoms with Gasteiger partial charge in [-0.05, 0) is 31.9 Å². The van der Waals surface area contributed by atoms with Crippen molar-refractivity contribution in [3.05, 3.63) is 34.3 Å². The first-order chi connectivity index (χ1) is 12.0. The number of ether oxygens (including phenoxy) is 1. The van der Waals surface area contributed by atoms with Crippen molar-refractivity contribution < 1.29 is 19.1 Å². The van der Waals surface area contributed by atoms with Crippen LogP contribution in [0.1, 0.15) is 43.0 Å². The first-order valence-electron chi connectivity index (χ1n) is 8.49. The molecule has 1 aromatic rings. The molecule has 25 heavy (non-hydrogen) atoms. The van der Waals surface area contributed by atoms with E-state index >= 15 is 0 Å². The third kappa shape index (κ3) is 6.16. The minimum Gasteiger partial charge on any atom is -0.450 e. The summed E-state index contributed by atoms with van der Waals surface area (Å²) in [5.74, 6) is -0.167. The SMILES string of the molecule is CCOC(=O)N1CCC(NC(=O)CCC(=O)c2ccc(Br)cc2)CC1. The van der Waals surface area contributed by atoms with Crippen LogP contribution in [-0.4, -0.2) is 48.4 Å². The van der Waals surface area contributed by atoms with E-state index in [0.717, 1.165) is 4.47 Å². The van der Waals surface area contributed by atoms with Gasteiger partial charge in [0.15, 0.2) is 5.78 Å². The lowest BCUT2D eigenvalue weighted by Crippen LogP contribution is -2.46. The van der Waals surface area contributed by atoms with Crippen molar-refractivity contribution in [2.45, 2.75) is 38.6 Å². The molecule has 1 aliphatic rings. The Morgan fingerprint density at radius 1 is 1.16 bits per heavy atom. The number of carbonyl (C=O) groups excluding carboxylic acids is 3. The van der Waals surface area contributed by atoms with Gasteiger partial charge in [-0.2, -0.15) is 0 Å². The normalized spacial score (nSPS) is 14.9. The predicted molar refractivity (Wildman–Crippen MR) is 97.5 cm³/mol. The monoisotopic (exact) mass is 410 g/mol. The second kappa shape index (κ2) is 9.56. The molecule has 0 atom stereocenters. The van der Waals surface area contributed by atoms with Gasteiger partial charge < -0.3 is 15.0 Å². The quantitative estimate of drug-likeness (QED) is 0.730. The minimum atomic E-state index is -0.299. The number of halogens is 1. The fourth-order valence-corrected chi connectivity index (χ4v) is 2.99. The molecule has 1 aromatic carbocycles. The second-order valence-electron chi connectivity index (χ2n) is 5.96. The smallest absolute Gasteiger partial charge is 0.409 e. The summed E-state index contributed by atoms with van der Waals surface area (Å²) in [6.07, 6.45) is 1.46. The molecule has 0 aliphatic carbocycles. The highest BCUT2D eigenvalue weighted by Gasteiger charge is 2.24. The van der Waals surface area contributed by atoms with Crippen LogP contribution in [0, 0.1) is 0 Å². The van der Waals surface area contributed by atoms with Crippen LogP contribution in [-0.2, 0) is 9.53 Å². The number of rotatable bonds is 6. The number of piperidine rings is 1. The Balaban J connectivity index is 1.70. The van der Waals surface area contributed by atoms with Crippen molar-refractivity contribution in [1.82, 2.24) is 10.2 Å². The Kier molecular flexibility index (Phi) is 7.43. The molecule has 0 aromatic heterocycles. The van der Waals surface area contributed by atoms with Gasteiger partial charge in [0.05, 0.1) is 6.61 Å². The largest absolute Gasteiger partial charge is 0.450 e. The first-order valence-corrected chi connectivity index (χ1v) is 9.28. The molecule has 0 radical (unpaired) electrons. The summed E-state index contributed by atoms with van der Waals surface area (Å²) >= 11 is 3.33. The van der Waals surface area contributed by atoms with Crippen LogP contribution < -0.4 is 5.32 Å². The third-order valence-corrected chi connectivity index (χ3v) is 4.66. The number of carbonyl (C=O) groups is 3.